The van der Waals surface area contributed by atoms with Crippen molar-refractivity contribution in [2.75, 3.05) is 5.32 Å². The number of aromatic nitrogens is 1. The fourth-order valence-electron chi connectivity index (χ4n) is 1.47. The van der Waals surface area contributed by atoms with Gasteiger partial charge < -0.3 is 10.4 Å². The number of pyridine rings is 1. The van der Waals surface area contributed by atoms with Crippen LogP contribution in [0.5, 0.6) is 0 Å². The number of carbonyl (C=O) groups is 1. The number of nitrogens with one attached hydrogen (secondary N) is 1. The monoisotopic (exact) mass is 267 g/mol. The largest absolute Gasteiger partial charge is 0.480 e. The molecule has 6 heteroatoms. The minimum atomic E-state index is -0.945. The Morgan fingerprint density at radius 1 is 1.61 bits per heavy atom. The fraction of sp³-hybridized carbons (Fsp3) is 0.417. The Balaban J connectivity index is 2.88. The zero-order valence-corrected chi connectivity index (χ0v) is 10.9. The van der Waals surface area contributed by atoms with Crippen LogP contribution in [0, 0.1) is 17.2 Å². The van der Waals surface area contributed by atoms with Gasteiger partial charge in [0.2, 0.25) is 0 Å². The Bertz CT molecular complexity index is 483. The van der Waals surface area contributed by atoms with Crippen LogP contribution in [0.2, 0.25) is 5.02 Å². The molecule has 1 unspecified atom stereocenters. The van der Waals surface area contributed by atoms with Gasteiger partial charge in [0.05, 0.1) is 5.02 Å². The maximum atomic E-state index is 11.1. The van der Waals surface area contributed by atoms with Crippen LogP contribution in [0.15, 0.2) is 12.1 Å². The summed E-state index contributed by atoms with van der Waals surface area (Å²) in [5.41, 5.74) is 0.0790. The van der Waals surface area contributed by atoms with Gasteiger partial charge in [-0.15, -0.1) is 0 Å². The lowest BCUT2D eigenvalue weighted by molar-refractivity contribution is -0.138. The Labute approximate surface area is 110 Å². The third-order valence-corrected chi connectivity index (χ3v) is 2.58. The Hall–Kier alpha value is -1.80. The highest BCUT2D eigenvalue weighted by molar-refractivity contribution is 6.31. The van der Waals surface area contributed by atoms with E-state index in [0.29, 0.717) is 12.2 Å². The molecule has 0 spiro atoms. The first-order valence-electron chi connectivity index (χ1n) is 5.50. The molecular weight excluding hydrogens is 254 g/mol. The second-order valence-corrected chi connectivity index (χ2v) is 4.71. The summed E-state index contributed by atoms with van der Waals surface area (Å²) in [7, 11) is 0. The summed E-state index contributed by atoms with van der Waals surface area (Å²) in [6.07, 6.45) is 0.474. The molecule has 0 aromatic carbocycles. The molecule has 1 aromatic rings. The Morgan fingerprint density at radius 3 is 2.78 bits per heavy atom. The van der Waals surface area contributed by atoms with Crippen molar-refractivity contribution < 1.29 is 9.90 Å². The number of carboxylic acid groups (broad SMARTS) is 1. The predicted molar refractivity (Wildman–Crippen MR) is 68.5 cm³/mol. The number of halogens is 1. The molecule has 0 aliphatic rings. The summed E-state index contributed by atoms with van der Waals surface area (Å²) in [6.45, 7) is 3.88. The molecule has 0 amide bonds. The SMILES string of the molecule is CC(C)CC(Nc1ccc(Cl)c(C#N)n1)C(=O)O. The third kappa shape index (κ3) is 3.90. The van der Waals surface area contributed by atoms with Crippen LogP contribution in [0.25, 0.3) is 0 Å². The van der Waals surface area contributed by atoms with Gasteiger partial charge in [-0.2, -0.15) is 5.26 Å². The van der Waals surface area contributed by atoms with Crippen LogP contribution in [-0.2, 0) is 4.79 Å². The molecule has 1 atom stereocenters. The Kier molecular flexibility index (Phi) is 4.93. The highest BCUT2D eigenvalue weighted by Crippen LogP contribution is 2.17. The average Bonchev–Trinajstić information content (AvgIpc) is 2.29. The molecule has 1 aromatic heterocycles. The number of aliphatic carboxylic acids is 1. The topological polar surface area (TPSA) is 86.0 Å². The molecule has 1 rings (SSSR count). The van der Waals surface area contributed by atoms with Crippen LogP contribution < -0.4 is 5.32 Å². The molecule has 0 aliphatic carbocycles. The van der Waals surface area contributed by atoms with E-state index in [0.717, 1.165) is 0 Å². The van der Waals surface area contributed by atoms with Crippen LogP contribution in [0.4, 0.5) is 5.82 Å². The van der Waals surface area contributed by atoms with Crippen molar-refractivity contribution in [2.24, 2.45) is 5.92 Å². The van der Waals surface area contributed by atoms with Crippen molar-refractivity contribution in [3.63, 3.8) is 0 Å². The minimum Gasteiger partial charge on any atom is -0.480 e. The summed E-state index contributed by atoms with van der Waals surface area (Å²) >= 11 is 5.75. The lowest BCUT2D eigenvalue weighted by Gasteiger charge is -2.17. The summed E-state index contributed by atoms with van der Waals surface area (Å²) in [5.74, 6) is -0.371. The van der Waals surface area contributed by atoms with E-state index < -0.39 is 12.0 Å². The first-order valence-corrected chi connectivity index (χ1v) is 5.87. The van der Waals surface area contributed by atoms with E-state index in [2.05, 4.69) is 10.3 Å². The lowest BCUT2D eigenvalue weighted by Crippen LogP contribution is -2.31. The van der Waals surface area contributed by atoms with Gasteiger partial charge in [-0.3, -0.25) is 0 Å². The first kappa shape index (κ1) is 14.3. The predicted octanol–water partition coefficient (Wildman–Crippen LogP) is 2.52. The number of carboxylic acids is 1. The highest BCUT2D eigenvalue weighted by Gasteiger charge is 2.19. The van der Waals surface area contributed by atoms with E-state index in [1.807, 2.05) is 19.9 Å². The van der Waals surface area contributed by atoms with Crippen molar-refractivity contribution in [3.05, 3.63) is 22.8 Å². The van der Waals surface area contributed by atoms with Gasteiger partial charge in [0, 0.05) is 0 Å². The molecule has 5 nitrogen and oxygen atoms in total. The number of anilines is 1. The minimum absolute atomic E-state index is 0.0790. The van der Waals surface area contributed by atoms with E-state index in [1.54, 1.807) is 6.07 Å². The van der Waals surface area contributed by atoms with Crippen molar-refractivity contribution in [1.82, 2.24) is 4.98 Å². The van der Waals surface area contributed by atoms with E-state index in [9.17, 15) is 4.79 Å². The summed E-state index contributed by atoms with van der Waals surface area (Å²) in [4.78, 5) is 15.0. The molecule has 2 N–H and O–H groups in total. The van der Waals surface area contributed by atoms with Gasteiger partial charge in [-0.25, -0.2) is 9.78 Å². The maximum Gasteiger partial charge on any atom is 0.326 e. The standard InChI is InChI=1S/C12H14ClN3O2/c1-7(2)5-9(12(17)18)15-11-4-3-8(13)10(6-14)16-11/h3-4,7,9H,5H2,1-2H3,(H,15,16)(H,17,18). The van der Waals surface area contributed by atoms with Crippen molar-refractivity contribution in [1.29, 1.82) is 5.26 Å². The van der Waals surface area contributed by atoms with Crippen LogP contribution >= 0.6 is 11.6 Å². The first-order chi connectivity index (χ1) is 8.43. The van der Waals surface area contributed by atoms with Gasteiger partial charge in [0.15, 0.2) is 5.69 Å². The number of nitrogens with zero attached hydrogens (tertiary/aromatic N) is 2. The van der Waals surface area contributed by atoms with Crippen molar-refractivity contribution >= 4 is 23.4 Å². The average molecular weight is 268 g/mol. The molecule has 0 saturated heterocycles. The van der Waals surface area contributed by atoms with Crippen molar-refractivity contribution in [2.45, 2.75) is 26.3 Å². The highest BCUT2D eigenvalue weighted by atomic mass is 35.5. The molecule has 0 aliphatic heterocycles. The maximum absolute atomic E-state index is 11.1. The molecule has 1 heterocycles. The van der Waals surface area contributed by atoms with E-state index in [4.69, 9.17) is 22.0 Å². The fourth-order valence-corrected chi connectivity index (χ4v) is 1.62. The van der Waals surface area contributed by atoms with Crippen LogP contribution in [-0.4, -0.2) is 22.1 Å². The summed E-state index contributed by atoms with van der Waals surface area (Å²) in [6, 6.07) is 4.19. The van der Waals surface area contributed by atoms with Gasteiger partial charge >= 0.3 is 5.97 Å². The molecular formula is C12H14ClN3O2. The van der Waals surface area contributed by atoms with E-state index in [1.165, 1.54) is 6.07 Å². The zero-order chi connectivity index (χ0) is 13.7. The molecule has 18 heavy (non-hydrogen) atoms. The van der Waals surface area contributed by atoms with E-state index >= 15 is 0 Å². The quantitative estimate of drug-likeness (QED) is 0.856. The van der Waals surface area contributed by atoms with E-state index in [-0.39, 0.29) is 16.6 Å². The molecule has 0 bridgehead atoms. The number of rotatable bonds is 5. The van der Waals surface area contributed by atoms with Gasteiger partial charge in [-0.05, 0) is 24.5 Å². The van der Waals surface area contributed by atoms with Gasteiger partial charge in [-0.1, -0.05) is 25.4 Å². The molecule has 0 fully saturated rings. The second kappa shape index (κ2) is 6.22. The summed E-state index contributed by atoms with van der Waals surface area (Å²) in [5, 5.41) is 20.9. The smallest absolute Gasteiger partial charge is 0.326 e. The lowest BCUT2D eigenvalue weighted by atomic mass is 10.0. The zero-order valence-electron chi connectivity index (χ0n) is 10.1. The molecule has 0 saturated carbocycles. The molecule has 0 radical (unpaired) electrons. The van der Waals surface area contributed by atoms with Crippen LogP contribution in [0.1, 0.15) is 26.0 Å². The number of hydrogen-bond donors (Lipinski definition) is 2. The summed E-state index contributed by atoms with van der Waals surface area (Å²) < 4.78 is 0. The molecule has 96 valence electrons. The van der Waals surface area contributed by atoms with Crippen molar-refractivity contribution in [3.8, 4) is 6.07 Å². The normalized spacial score (nSPS) is 11.9. The number of nitriles is 1. The third-order valence-electron chi connectivity index (χ3n) is 2.28. The van der Waals surface area contributed by atoms with Crippen LogP contribution in [0.3, 0.4) is 0 Å². The van der Waals surface area contributed by atoms with Gasteiger partial charge in [0.25, 0.3) is 0 Å². The Morgan fingerprint density at radius 2 is 2.28 bits per heavy atom. The number of hydrogen-bond acceptors (Lipinski definition) is 4. The second-order valence-electron chi connectivity index (χ2n) is 4.30. The van der Waals surface area contributed by atoms with Gasteiger partial charge in [0.1, 0.15) is 17.9 Å².